The molecule has 2 aliphatic heterocycles. The second-order valence-electron chi connectivity index (χ2n) is 7.90. The van der Waals surface area contributed by atoms with Gasteiger partial charge in [-0.15, -0.1) is 0 Å². The van der Waals surface area contributed by atoms with Crippen LogP contribution in [-0.2, 0) is 16.1 Å². The van der Waals surface area contributed by atoms with Crippen LogP contribution >= 0.6 is 15.9 Å². The molecular formula is C24H22BrN3O2. The van der Waals surface area contributed by atoms with Crippen molar-refractivity contribution in [3.05, 3.63) is 64.3 Å². The molecule has 152 valence electrons. The zero-order valence-electron chi connectivity index (χ0n) is 16.8. The number of carbonyl (C=O) groups is 2. The third kappa shape index (κ3) is 3.16. The van der Waals surface area contributed by atoms with Crippen molar-refractivity contribution in [2.75, 3.05) is 25.0 Å². The molecule has 6 heteroatoms. The fourth-order valence-electron chi connectivity index (χ4n) is 4.45. The standard InChI is InChI=1S/C24H22BrN3O2/c1-26-21-7-3-2-6-18(21)20(24(26)30)12-16-14-28(15-23(29)27-10-4-5-11-27)22-9-8-17(25)13-19(16)22/h2-3,6-9,12-14H,4-5,10-11,15H2,1H3. The molecule has 0 N–H and O–H groups in total. The summed E-state index contributed by atoms with van der Waals surface area (Å²) in [6, 6.07) is 13.9. The van der Waals surface area contributed by atoms with Gasteiger partial charge in [0, 0.05) is 58.4 Å². The molecule has 1 fully saturated rings. The number of nitrogens with zero attached hydrogens (tertiary/aromatic N) is 3. The van der Waals surface area contributed by atoms with Crippen molar-refractivity contribution in [2.45, 2.75) is 19.4 Å². The number of carbonyl (C=O) groups excluding carboxylic acids is 2. The molecule has 2 aromatic carbocycles. The number of rotatable bonds is 3. The van der Waals surface area contributed by atoms with Gasteiger partial charge in [0.2, 0.25) is 5.91 Å². The Morgan fingerprint density at radius 1 is 1.13 bits per heavy atom. The zero-order chi connectivity index (χ0) is 20.8. The number of likely N-dealkylation sites (tertiary alicyclic amines) is 1. The number of aromatic nitrogens is 1. The largest absolute Gasteiger partial charge is 0.341 e. The maximum Gasteiger partial charge on any atom is 0.258 e. The lowest BCUT2D eigenvalue weighted by atomic mass is 10.0. The predicted octanol–water partition coefficient (Wildman–Crippen LogP) is 4.54. The molecule has 30 heavy (non-hydrogen) atoms. The molecule has 1 aromatic heterocycles. The number of anilines is 1. The second kappa shape index (κ2) is 7.43. The minimum atomic E-state index is -0.0137. The van der Waals surface area contributed by atoms with E-state index in [-0.39, 0.29) is 11.8 Å². The third-order valence-corrected chi connectivity index (χ3v) is 6.52. The van der Waals surface area contributed by atoms with Crippen LogP contribution in [0.3, 0.4) is 0 Å². The van der Waals surface area contributed by atoms with Gasteiger partial charge in [-0.25, -0.2) is 0 Å². The van der Waals surface area contributed by atoms with E-state index in [0.717, 1.165) is 58.1 Å². The quantitative estimate of drug-likeness (QED) is 0.535. The summed E-state index contributed by atoms with van der Waals surface area (Å²) in [7, 11) is 1.80. The number of hydrogen-bond acceptors (Lipinski definition) is 2. The van der Waals surface area contributed by atoms with Crippen molar-refractivity contribution < 1.29 is 9.59 Å². The number of para-hydroxylation sites is 1. The van der Waals surface area contributed by atoms with Gasteiger partial charge < -0.3 is 14.4 Å². The van der Waals surface area contributed by atoms with Crippen molar-refractivity contribution in [1.82, 2.24) is 9.47 Å². The summed E-state index contributed by atoms with van der Waals surface area (Å²) in [5.74, 6) is 0.133. The number of fused-ring (bicyclic) bond motifs is 2. The molecule has 0 aliphatic carbocycles. The van der Waals surface area contributed by atoms with Crippen LogP contribution in [0.25, 0.3) is 22.6 Å². The van der Waals surface area contributed by atoms with E-state index in [1.807, 2.05) is 64.2 Å². The van der Waals surface area contributed by atoms with E-state index in [1.54, 1.807) is 11.9 Å². The minimum Gasteiger partial charge on any atom is -0.341 e. The Morgan fingerprint density at radius 2 is 1.90 bits per heavy atom. The van der Waals surface area contributed by atoms with Crippen LogP contribution in [-0.4, -0.2) is 41.4 Å². The first-order valence-electron chi connectivity index (χ1n) is 10.2. The molecule has 0 unspecified atom stereocenters. The Morgan fingerprint density at radius 3 is 2.70 bits per heavy atom. The molecule has 0 saturated carbocycles. The molecule has 0 bridgehead atoms. The normalized spacial score (nSPS) is 17.4. The average Bonchev–Trinajstić information content (AvgIpc) is 3.44. The number of likely N-dealkylation sites (N-methyl/N-ethyl adjacent to an activating group) is 1. The van der Waals surface area contributed by atoms with Gasteiger partial charge in [0.25, 0.3) is 5.91 Å². The summed E-state index contributed by atoms with van der Waals surface area (Å²) in [6.07, 6.45) is 6.11. The highest BCUT2D eigenvalue weighted by Gasteiger charge is 2.29. The summed E-state index contributed by atoms with van der Waals surface area (Å²) in [5, 5.41) is 1.02. The van der Waals surface area contributed by atoms with E-state index in [2.05, 4.69) is 15.9 Å². The van der Waals surface area contributed by atoms with E-state index in [0.29, 0.717) is 12.1 Å². The summed E-state index contributed by atoms with van der Waals surface area (Å²) < 4.78 is 2.97. The van der Waals surface area contributed by atoms with E-state index in [4.69, 9.17) is 0 Å². The van der Waals surface area contributed by atoms with E-state index in [1.165, 1.54) is 0 Å². The van der Waals surface area contributed by atoms with Gasteiger partial charge >= 0.3 is 0 Å². The lowest BCUT2D eigenvalue weighted by molar-refractivity contribution is -0.130. The van der Waals surface area contributed by atoms with Crippen LogP contribution in [0.2, 0.25) is 0 Å². The van der Waals surface area contributed by atoms with Crippen LogP contribution < -0.4 is 4.90 Å². The third-order valence-electron chi connectivity index (χ3n) is 6.03. The number of benzene rings is 2. The molecule has 2 aliphatic rings. The predicted molar refractivity (Wildman–Crippen MR) is 123 cm³/mol. The van der Waals surface area contributed by atoms with Crippen molar-refractivity contribution >= 4 is 56.0 Å². The number of halogens is 1. The number of amides is 2. The van der Waals surface area contributed by atoms with Crippen LogP contribution in [0.15, 0.2) is 53.1 Å². The van der Waals surface area contributed by atoms with Crippen molar-refractivity contribution in [3.63, 3.8) is 0 Å². The van der Waals surface area contributed by atoms with Gasteiger partial charge in [0.05, 0.1) is 5.69 Å². The molecule has 3 aromatic rings. The smallest absolute Gasteiger partial charge is 0.258 e. The van der Waals surface area contributed by atoms with Gasteiger partial charge in [-0.05, 0) is 43.2 Å². The monoisotopic (exact) mass is 463 g/mol. The van der Waals surface area contributed by atoms with E-state index >= 15 is 0 Å². The highest BCUT2D eigenvalue weighted by molar-refractivity contribution is 9.10. The molecule has 5 rings (SSSR count). The molecule has 5 nitrogen and oxygen atoms in total. The van der Waals surface area contributed by atoms with Crippen LogP contribution in [0.5, 0.6) is 0 Å². The molecule has 0 radical (unpaired) electrons. The Balaban J connectivity index is 1.60. The first-order valence-corrected chi connectivity index (χ1v) is 11.0. The first-order chi connectivity index (χ1) is 14.5. The highest BCUT2D eigenvalue weighted by atomic mass is 79.9. The van der Waals surface area contributed by atoms with Crippen LogP contribution in [0, 0.1) is 0 Å². The fraction of sp³-hybridized carbons (Fsp3) is 0.250. The van der Waals surface area contributed by atoms with Gasteiger partial charge in [0.15, 0.2) is 0 Å². The van der Waals surface area contributed by atoms with Gasteiger partial charge in [-0.3, -0.25) is 9.59 Å². The summed E-state index contributed by atoms with van der Waals surface area (Å²) >= 11 is 3.56. The maximum atomic E-state index is 12.9. The topological polar surface area (TPSA) is 45.6 Å². The van der Waals surface area contributed by atoms with Crippen molar-refractivity contribution in [3.8, 4) is 0 Å². The van der Waals surface area contributed by atoms with Gasteiger partial charge in [0.1, 0.15) is 6.54 Å². The van der Waals surface area contributed by atoms with E-state index in [9.17, 15) is 9.59 Å². The van der Waals surface area contributed by atoms with Gasteiger partial charge in [-0.1, -0.05) is 34.1 Å². The Bertz CT molecular complexity index is 1200. The molecule has 3 heterocycles. The van der Waals surface area contributed by atoms with Crippen molar-refractivity contribution in [1.29, 1.82) is 0 Å². The Labute approximate surface area is 183 Å². The second-order valence-corrected chi connectivity index (χ2v) is 8.82. The molecular weight excluding hydrogens is 442 g/mol. The van der Waals surface area contributed by atoms with Gasteiger partial charge in [-0.2, -0.15) is 0 Å². The fourth-order valence-corrected chi connectivity index (χ4v) is 4.81. The zero-order valence-corrected chi connectivity index (χ0v) is 18.4. The Kier molecular flexibility index (Phi) is 4.74. The average molecular weight is 464 g/mol. The molecule has 0 atom stereocenters. The SMILES string of the molecule is CN1C(=O)C(=Cc2cn(CC(=O)N3CCCC3)c3ccc(Br)cc23)c2ccccc21. The lowest BCUT2D eigenvalue weighted by Gasteiger charge is -2.16. The van der Waals surface area contributed by atoms with Crippen molar-refractivity contribution in [2.24, 2.45) is 0 Å². The maximum absolute atomic E-state index is 12.9. The lowest BCUT2D eigenvalue weighted by Crippen LogP contribution is -2.30. The highest BCUT2D eigenvalue weighted by Crippen LogP contribution is 2.38. The van der Waals surface area contributed by atoms with E-state index < -0.39 is 0 Å². The molecule has 2 amide bonds. The summed E-state index contributed by atoms with van der Waals surface area (Å²) in [5.41, 5.74) is 4.47. The number of hydrogen-bond donors (Lipinski definition) is 0. The minimum absolute atomic E-state index is 0.0137. The van der Waals surface area contributed by atoms with Crippen LogP contribution in [0.1, 0.15) is 24.0 Å². The summed E-state index contributed by atoms with van der Waals surface area (Å²) in [6.45, 7) is 2.00. The molecule has 0 spiro atoms. The molecule has 1 saturated heterocycles. The first kappa shape index (κ1) is 19.1. The summed E-state index contributed by atoms with van der Waals surface area (Å²) in [4.78, 5) is 29.3. The Hall–Kier alpha value is -2.86. The van der Waals surface area contributed by atoms with Crippen LogP contribution in [0.4, 0.5) is 5.69 Å².